The van der Waals surface area contributed by atoms with Gasteiger partial charge in [-0.3, -0.25) is 4.90 Å². The predicted molar refractivity (Wildman–Crippen MR) is 222 cm³/mol. The lowest BCUT2D eigenvalue weighted by molar-refractivity contribution is -0.253. The van der Waals surface area contributed by atoms with Gasteiger partial charge in [-0.25, -0.2) is 0 Å². The molecule has 292 valence electrons. The van der Waals surface area contributed by atoms with Gasteiger partial charge in [-0.1, -0.05) is 107 Å². The molecule has 11 rings (SSSR count). The number of benzene rings is 2. The molecule has 5 heterocycles. The molecule has 0 N–H and O–H groups in total. The zero-order valence-corrected chi connectivity index (χ0v) is 35.5. The lowest BCUT2D eigenvalue weighted by Crippen LogP contribution is -2.81. The standard InChI is InChI=1S/C48H67N2O3P/c1-46(2,3)26-18-20-34-36(22-26)51-37-25-31(48(7,8)9)42-45-40(37)50(34)35-21-19-30(47(4,5)6)41-43(35)54(45)44-38(52-41)23-27(24-39(44)53-42)49-32-16-12-10-14-28(32)29-15-11-13-17-33(29)49/h10-17,26-27,30-31,34-45H,18-25H2,1-9H3. The SMILES string of the molecule is CC(C)(C)C1CCC2C(C1)OC1CC(C(C)(C)C)C3OC4CC(n5c6ccccc6c6ccccc65)CC5OC6C7C(CCC6C(C)(C)C)N2C1C3P7C54. The number of fused-ring (bicyclic) bond motifs is 6. The van der Waals surface area contributed by atoms with Gasteiger partial charge in [-0.05, 0) is 97.5 Å². The lowest BCUT2D eigenvalue weighted by Gasteiger charge is -2.74. The van der Waals surface area contributed by atoms with E-state index in [2.05, 4.69) is 120 Å². The molecule has 0 spiro atoms. The molecule has 4 aliphatic heterocycles. The highest BCUT2D eigenvalue weighted by molar-refractivity contribution is 7.60. The summed E-state index contributed by atoms with van der Waals surface area (Å²) in [7, 11) is -0.335. The van der Waals surface area contributed by atoms with Crippen LogP contribution in [0.25, 0.3) is 21.8 Å². The fraction of sp³-hybridized carbons (Fsp3) is 0.750. The van der Waals surface area contributed by atoms with Crippen LogP contribution < -0.4 is 0 Å². The van der Waals surface area contributed by atoms with Crippen LogP contribution in [0.15, 0.2) is 48.5 Å². The fourth-order valence-corrected chi connectivity index (χ4v) is 19.6. The van der Waals surface area contributed by atoms with Crippen LogP contribution in [0.3, 0.4) is 0 Å². The first-order valence-electron chi connectivity index (χ1n) is 22.2. The van der Waals surface area contributed by atoms with Crippen molar-refractivity contribution in [1.82, 2.24) is 9.47 Å². The average molecular weight is 751 g/mol. The van der Waals surface area contributed by atoms with Gasteiger partial charge in [0.25, 0.3) is 0 Å². The van der Waals surface area contributed by atoms with Gasteiger partial charge in [0.2, 0.25) is 0 Å². The summed E-state index contributed by atoms with van der Waals surface area (Å²) >= 11 is 0. The van der Waals surface area contributed by atoms with Crippen LogP contribution in [0.5, 0.6) is 0 Å². The van der Waals surface area contributed by atoms with Crippen molar-refractivity contribution in [2.75, 3.05) is 0 Å². The highest BCUT2D eigenvalue weighted by Gasteiger charge is 2.72. The van der Waals surface area contributed by atoms with E-state index in [1.165, 1.54) is 53.9 Å². The number of rotatable bonds is 1. The summed E-state index contributed by atoms with van der Waals surface area (Å²) < 4.78 is 26.1. The Morgan fingerprint density at radius 1 is 0.537 bits per heavy atom. The molecule has 17 unspecified atom stereocenters. The van der Waals surface area contributed by atoms with E-state index in [1.54, 1.807) is 0 Å². The van der Waals surface area contributed by atoms with Crippen molar-refractivity contribution in [3.8, 4) is 0 Å². The first-order valence-corrected chi connectivity index (χ1v) is 23.7. The topological polar surface area (TPSA) is 35.9 Å². The third-order valence-corrected chi connectivity index (χ3v) is 20.9. The van der Waals surface area contributed by atoms with Crippen molar-refractivity contribution in [2.45, 2.75) is 191 Å². The first-order chi connectivity index (χ1) is 25.7. The minimum atomic E-state index is -0.335. The number of aromatic nitrogens is 1. The quantitative estimate of drug-likeness (QED) is 0.232. The lowest BCUT2D eigenvalue weighted by atomic mass is 9.63. The second-order valence-electron chi connectivity index (χ2n) is 22.6. The number of morpholine rings is 1. The minimum Gasteiger partial charge on any atom is -0.373 e. The van der Waals surface area contributed by atoms with E-state index >= 15 is 0 Å². The number of para-hydroxylation sites is 2. The van der Waals surface area contributed by atoms with Gasteiger partial charge in [0, 0.05) is 63.0 Å². The van der Waals surface area contributed by atoms with E-state index in [0.717, 1.165) is 25.2 Å². The summed E-state index contributed by atoms with van der Waals surface area (Å²) in [5, 5.41) is 2.75. The number of ether oxygens (including phenoxy) is 3. The molecule has 0 radical (unpaired) electrons. The van der Waals surface area contributed by atoms with Gasteiger partial charge >= 0.3 is 0 Å². The Kier molecular flexibility index (Phi) is 7.94. The van der Waals surface area contributed by atoms with E-state index < -0.39 is 0 Å². The zero-order valence-electron chi connectivity index (χ0n) is 34.6. The first kappa shape index (κ1) is 35.7. The molecule has 1 aromatic heterocycles. The number of nitrogens with zero attached hydrogens (tertiary/aromatic N) is 2. The van der Waals surface area contributed by atoms with Crippen molar-refractivity contribution in [2.24, 2.45) is 34.0 Å². The van der Waals surface area contributed by atoms with Crippen LogP contribution >= 0.6 is 7.92 Å². The minimum absolute atomic E-state index is 0.159. The molecule has 4 aliphatic carbocycles. The maximum absolute atomic E-state index is 7.89. The Bertz CT molecular complexity index is 1870. The van der Waals surface area contributed by atoms with Gasteiger partial charge < -0.3 is 18.8 Å². The monoisotopic (exact) mass is 750 g/mol. The van der Waals surface area contributed by atoms with Crippen molar-refractivity contribution < 1.29 is 14.2 Å². The van der Waals surface area contributed by atoms with Crippen LogP contribution in [0, 0.1) is 34.0 Å². The van der Waals surface area contributed by atoms with Gasteiger partial charge in [0.1, 0.15) is 0 Å². The van der Waals surface area contributed by atoms with E-state index in [4.69, 9.17) is 14.2 Å². The molecule has 3 aromatic rings. The molecule has 0 bridgehead atoms. The van der Waals surface area contributed by atoms with Gasteiger partial charge in [-0.15, -0.1) is 0 Å². The molecule has 17 atom stereocenters. The van der Waals surface area contributed by atoms with Crippen LogP contribution in [-0.4, -0.2) is 81.2 Å². The van der Waals surface area contributed by atoms with Crippen molar-refractivity contribution in [3.63, 3.8) is 0 Å². The van der Waals surface area contributed by atoms with Crippen LogP contribution in [-0.2, 0) is 14.2 Å². The summed E-state index contributed by atoms with van der Waals surface area (Å²) in [4.78, 5) is 3.21. The molecule has 6 heteroatoms. The van der Waals surface area contributed by atoms with Crippen LogP contribution in [0.2, 0.25) is 0 Å². The molecule has 8 aliphatic rings. The smallest absolute Gasteiger partial charge is 0.0746 e. The highest BCUT2D eigenvalue weighted by Crippen LogP contribution is 2.75. The maximum atomic E-state index is 7.89. The van der Waals surface area contributed by atoms with Crippen molar-refractivity contribution in [3.05, 3.63) is 48.5 Å². The van der Waals surface area contributed by atoms with Gasteiger partial charge in [0.05, 0.1) is 36.6 Å². The number of hydrogen-bond acceptors (Lipinski definition) is 4. The van der Waals surface area contributed by atoms with Crippen LogP contribution in [0.1, 0.15) is 120 Å². The molecule has 5 nitrogen and oxygen atoms in total. The van der Waals surface area contributed by atoms with Gasteiger partial charge in [0.15, 0.2) is 0 Å². The predicted octanol–water partition coefficient (Wildman–Crippen LogP) is 10.8. The van der Waals surface area contributed by atoms with E-state index in [1.807, 2.05) is 0 Å². The third kappa shape index (κ3) is 5.05. The summed E-state index contributed by atoms with van der Waals surface area (Å²) in [6, 6.07) is 20.3. The molecule has 54 heavy (non-hydrogen) atoms. The summed E-state index contributed by atoms with van der Waals surface area (Å²) in [6.45, 7) is 22.5. The van der Waals surface area contributed by atoms with E-state index in [9.17, 15) is 0 Å². The third-order valence-electron chi connectivity index (χ3n) is 17.0. The summed E-state index contributed by atoms with van der Waals surface area (Å²) in [5.41, 5.74) is 5.23. The van der Waals surface area contributed by atoms with Crippen molar-refractivity contribution in [1.29, 1.82) is 0 Å². The Morgan fingerprint density at radius 2 is 1.13 bits per heavy atom. The molecule has 0 amide bonds. The normalized spacial score (nSPS) is 45.9. The molecule has 4 saturated carbocycles. The van der Waals surface area contributed by atoms with E-state index in [0.29, 0.717) is 82.8 Å². The average Bonchev–Trinajstić information content (AvgIpc) is 3.46. The summed E-state index contributed by atoms with van der Waals surface area (Å²) in [5.74, 6) is 1.83. The molecular weight excluding hydrogens is 684 g/mol. The Labute approximate surface area is 326 Å². The maximum Gasteiger partial charge on any atom is 0.0746 e. The molecule has 8 fully saturated rings. The largest absolute Gasteiger partial charge is 0.373 e. The zero-order chi connectivity index (χ0) is 37.2. The number of hydrogen-bond donors (Lipinski definition) is 0. The Morgan fingerprint density at radius 3 is 1.74 bits per heavy atom. The molecular formula is C48H67N2O3P. The molecule has 2 aromatic carbocycles. The Balaban J connectivity index is 1.05. The molecule has 4 saturated heterocycles. The van der Waals surface area contributed by atoms with Crippen molar-refractivity contribution >= 4 is 29.7 Å². The second-order valence-corrected chi connectivity index (χ2v) is 25.3. The Hall–Kier alpha value is -1.49. The highest BCUT2D eigenvalue weighted by atomic mass is 31.1. The second kappa shape index (κ2) is 12.0. The summed E-state index contributed by atoms with van der Waals surface area (Å²) in [6.07, 6.45) is 11.7. The van der Waals surface area contributed by atoms with E-state index in [-0.39, 0.29) is 31.0 Å². The fourth-order valence-electron chi connectivity index (χ4n) is 14.6. The van der Waals surface area contributed by atoms with Gasteiger partial charge in [-0.2, -0.15) is 0 Å². The van der Waals surface area contributed by atoms with Crippen LogP contribution in [0.4, 0.5) is 0 Å².